The van der Waals surface area contributed by atoms with E-state index in [1.165, 1.54) is 0 Å². The summed E-state index contributed by atoms with van der Waals surface area (Å²) >= 11 is 8.05. The first-order valence-corrected chi connectivity index (χ1v) is 5.20. The highest BCUT2D eigenvalue weighted by Crippen LogP contribution is 2.39. The van der Waals surface area contributed by atoms with Gasteiger partial charge in [0.1, 0.15) is 10.3 Å². The van der Waals surface area contributed by atoms with Crippen LogP contribution in [0.15, 0.2) is 10.7 Å². The second-order valence-electron chi connectivity index (χ2n) is 2.80. The number of rotatable bonds is 2. The molecule has 0 aliphatic heterocycles. The molecule has 0 atom stereocenters. The Hall–Kier alpha value is -0.430. The van der Waals surface area contributed by atoms with Crippen molar-refractivity contribution >= 4 is 27.5 Å². The molecule has 0 unspecified atom stereocenters. The third-order valence-corrected chi connectivity index (χ3v) is 2.43. The van der Waals surface area contributed by atoms with Crippen LogP contribution in [-0.2, 0) is 12.1 Å². The smallest absolute Gasteiger partial charge is 0.239 e. The second-order valence-corrected chi connectivity index (χ2v) is 3.88. The van der Waals surface area contributed by atoms with Gasteiger partial charge in [-0.25, -0.2) is 13.8 Å². The molecule has 0 aliphatic rings. The zero-order chi connectivity index (χ0) is 12.5. The number of halogens is 7. The number of hydrogen-bond donors (Lipinski definition) is 0. The lowest BCUT2D eigenvalue weighted by molar-refractivity contribution is -0.140. The van der Waals surface area contributed by atoms with Crippen LogP contribution < -0.4 is 0 Å². The molecule has 1 aromatic rings. The van der Waals surface area contributed by atoms with Crippen molar-refractivity contribution in [2.75, 3.05) is 0 Å². The van der Waals surface area contributed by atoms with Crippen LogP contribution >= 0.6 is 27.5 Å². The summed E-state index contributed by atoms with van der Waals surface area (Å²) in [7, 11) is 0. The van der Waals surface area contributed by atoms with Gasteiger partial charge >= 0.3 is 6.18 Å². The van der Waals surface area contributed by atoms with Crippen LogP contribution in [0.2, 0.25) is 0 Å². The van der Waals surface area contributed by atoms with E-state index in [-0.39, 0.29) is 4.60 Å². The average Bonchev–Trinajstić information content (AvgIpc) is 2.14. The van der Waals surface area contributed by atoms with Crippen molar-refractivity contribution in [2.24, 2.45) is 0 Å². The normalized spacial score (nSPS) is 12.2. The van der Waals surface area contributed by atoms with Gasteiger partial charge in [0.2, 0.25) is 0 Å². The lowest BCUT2D eigenvalue weighted by atomic mass is 10.1. The van der Waals surface area contributed by atoms with Crippen LogP contribution in [0.25, 0.3) is 0 Å². The Morgan fingerprint density at radius 3 is 2.31 bits per heavy atom. The molecule has 0 bridgehead atoms. The predicted octanol–water partition coefficient (Wildman–Crippen LogP) is 4.54. The summed E-state index contributed by atoms with van der Waals surface area (Å²) in [5, 5.41) is 0. The minimum absolute atomic E-state index is 0.105. The van der Waals surface area contributed by atoms with Gasteiger partial charge in [-0.05, 0) is 27.6 Å². The molecule has 1 aromatic heterocycles. The Bertz CT molecular complexity index is 393. The Kier molecular flexibility index (Phi) is 4.12. The van der Waals surface area contributed by atoms with Gasteiger partial charge in [0, 0.05) is 5.88 Å². The van der Waals surface area contributed by atoms with Crippen LogP contribution in [-0.4, -0.2) is 4.98 Å². The summed E-state index contributed by atoms with van der Waals surface area (Å²) in [6.07, 6.45) is -8.21. The summed E-state index contributed by atoms with van der Waals surface area (Å²) in [6, 6.07) is 0.974. The Labute approximate surface area is 101 Å². The maximum absolute atomic E-state index is 12.5. The van der Waals surface area contributed by atoms with Crippen molar-refractivity contribution in [1.82, 2.24) is 4.98 Å². The molecule has 0 N–H and O–H groups in total. The van der Waals surface area contributed by atoms with Gasteiger partial charge < -0.3 is 0 Å². The monoisotopic (exact) mass is 323 g/mol. The fourth-order valence-electron chi connectivity index (χ4n) is 1.17. The third-order valence-electron chi connectivity index (χ3n) is 1.73. The largest absolute Gasteiger partial charge is 0.418 e. The molecule has 8 heteroatoms. The van der Waals surface area contributed by atoms with Crippen molar-refractivity contribution in [3.63, 3.8) is 0 Å². The van der Waals surface area contributed by atoms with Crippen LogP contribution in [0.4, 0.5) is 22.0 Å². The van der Waals surface area contributed by atoms with Crippen molar-refractivity contribution < 1.29 is 22.0 Å². The highest BCUT2D eigenvalue weighted by Gasteiger charge is 2.39. The van der Waals surface area contributed by atoms with Gasteiger partial charge in [-0.15, -0.1) is 11.6 Å². The molecule has 0 aliphatic carbocycles. The topological polar surface area (TPSA) is 12.9 Å². The van der Waals surface area contributed by atoms with E-state index in [1.54, 1.807) is 0 Å². The minimum atomic E-state index is -4.90. The summed E-state index contributed by atoms with van der Waals surface area (Å²) in [4.78, 5) is 3.14. The molecule has 1 rings (SSSR count). The Morgan fingerprint density at radius 2 is 1.94 bits per heavy atom. The molecular formula is C8H4BrClF5N. The maximum atomic E-state index is 12.5. The number of pyridine rings is 1. The molecule has 90 valence electrons. The van der Waals surface area contributed by atoms with Crippen molar-refractivity contribution in [2.45, 2.75) is 18.5 Å². The van der Waals surface area contributed by atoms with E-state index < -0.39 is 35.3 Å². The van der Waals surface area contributed by atoms with Gasteiger partial charge in [-0.2, -0.15) is 13.2 Å². The van der Waals surface area contributed by atoms with Crippen molar-refractivity contribution in [3.05, 3.63) is 27.5 Å². The third kappa shape index (κ3) is 2.82. The molecule has 0 fully saturated rings. The van der Waals surface area contributed by atoms with Crippen molar-refractivity contribution in [1.29, 1.82) is 0 Å². The molecule has 0 saturated heterocycles. The number of hydrogen-bond acceptors (Lipinski definition) is 1. The molecule has 0 amide bonds. The van der Waals surface area contributed by atoms with Crippen LogP contribution in [0.5, 0.6) is 0 Å². The first-order valence-electron chi connectivity index (χ1n) is 3.88. The van der Waals surface area contributed by atoms with Crippen LogP contribution in [0.1, 0.15) is 23.2 Å². The Morgan fingerprint density at radius 1 is 1.38 bits per heavy atom. The number of aromatic nitrogens is 1. The van der Waals surface area contributed by atoms with E-state index in [1.807, 2.05) is 0 Å². The Balaban J connectivity index is 3.52. The van der Waals surface area contributed by atoms with E-state index in [4.69, 9.17) is 11.6 Å². The van der Waals surface area contributed by atoms with E-state index in [9.17, 15) is 22.0 Å². The second kappa shape index (κ2) is 4.83. The van der Waals surface area contributed by atoms with E-state index in [0.29, 0.717) is 0 Å². The zero-order valence-electron chi connectivity index (χ0n) is 7.45. The van der Waals surface area contributed by atoms with Gasteiger partial charge in [0.15, 0.2) is 0 Å². The fourth-order valence-corrected chi connectivity index (χ4v) is 1.85. The minimum Gasteiger partial charge on any atom is -0.239 e. The van der Waals surface area contributed by atoms with Gasteiger partial charge in [0.05, 0.1) is 5.56 Å². The standard InChI is InChI=1S/C8H4BrClF5N/c9-4-1-3(2-10)5(8(13,14)15)6(16-4)7(11)12/h1,7H,2H2. The zero-order valence-corrected chi connectivity index (χ0v) is 9.80. The molecular weight excluding hydrogens is 320 g/mol. The van der Waals surface area contributed by atoms with E-state index >= 15 is 0 Å². The lowest BCUT2D eigenvalue weighted by Gasteiger charge is -2.15. The summed E-state index contributed by atoms with van der Waals surface area (Å²) < 4.78 is 62.4. The number of alkyl halides is 6. The van der Waals surface area contributed by atoms with Gasteiger partial charge in [-0.1, -0.05) is 0 Å². The highest BCUT2D eigenvalue weighted by molar-refractivity contribution is 9.10. The van der Waals surface area contributed by atoms with E-state index in [0.717, 1.165) is 6.07 Å². The van der Waals surface area contributed by atoms with Crippen LogP contribution in [0, 0.1) is 0 Å². The molecule has 1 nitrogen and oxygen atoms in total. The average molecular weight is 324 g/mol. The van der Waals surface area contributed by atoms with Crippen LogP contribution in [0.3, 0.4) is 0 Å². The first kappa shape index (κ1) is 13.6. The molecule has 0 aromatic carbocycles. The summed E-state index contributed by atoms with van der Waals surface area (Å²) in [6.45, 7) is 0. The molecule has 0 radical (unpaired) electrons. The lowest BCUT2D eigenvalue weighted by Crippen LogP contribution is -2.14. The van der Waals surface area contributed by atoms with Gasteiger partial charge in [-0.3, -0.25) is 0 Å². The van der Waals surface area contributed by atoms with Crippen molar-refractivity contribution in [3.8, 4) is 0 Å². The quantitative estimate of drug-likeness (QED) is 0.442. The molecule has 0 saturated carbocycles. The highest BCUT2D eigenvalue weighted by atomic mass is 79.9. The fraction of sp³-hybridized carbons (Fsp3) is 0.375. The first-order chi connectivity index (χ1) is 7.27. The predicted molar refractivity (Wildman–Crippen MR) is 51.5 cm³/mol. The molecule has 0 spiro atoms. The maximum Gasteiger partial charge on any atom is 0.418 e. The summed E-state index contributed by atoms with van der Waals surface area (Å²) in [5.74, 6) is -0.518. The van der Waals surface area contributed by atoms with E-state index in [2.05, 4.69) is 20.9 Å². The molecule has 1 heterocycles. The molecule has 16 heavy (non-hydrogen) atoms. The SMILES string of the molecule is FC(F)c1nc(Br)cc(CCl)c1C(F)(F)F. The number of nitrogens with zero attached hydrogens (tertiary/aromatic N) is 1. The van der Waals surface area contributed by atoms with Gasteiger partial charge in [0.25, 0.3) is 6.43 Å². The summed E-state index contributed by atoms with van der Waals surface area (Å²) in [5.41, 5.74) is -3.19.